The van der Waals surface area contributed by atoms with Crippen molar-refractivity contribution >= 4 is 5.97 Å². The molecular weight excluding hydrogens is 233 g/mol. The van der Waals surface area contributed by atoms with E-state index < -0.39 is 11.8 Å². The molecule has 0 heterocycles. The number of carboxylic acids is 1. The Morgan fingerprint density at radius 2 is 2.22 bits per heavy atom. The van der Waals surface area contributed by atoms with Crippen LogP contribution in [0.4, 0.5) is 4.39 Å². The standard InChI is InChI=1S/C14H16FNO2/c1-4-13(9(2)3)16-8-11-7-10(14(17)18)5-6-12(11)15/h1,5-7,9,13,16H,8H2,2-3H3,(H,17,18). The fraction of sp³-hybridized carbons (Fsp3) is 0.357. The Kier molecular flexibility index (Phi) is 4.87. The van der Waals surface area contributed by atoms with Crippen molar-refractivity contribution in [2.45, 2.75) is 26.4 Å². The number of hydrogen-bond donors (Lipinski definition) is 2. The van der Waals surface area contributed by atoms with Crippen LogP contribution in [0.25, 0.3) is 0 Å². The van der Waals surface area contributed by atoms with Crippen LogP contribution in [-0.4, -0.2) is 17.1 Å². The van der Waals surface area contributed by atoms with Crippen LogP contribution in [0.5, 0.6) is 0 Å². The quantitative estimate of drug-likeness (QED) is 0.787. The number of halogens is 1. The van der Waals surface area contributed by atoms with Crippen molar-refractivity contribution in [3.63, 3.8) is 0 Å². The van der Waals surface area contributed by atoms with Crippen LogP contribution in [0.2, 0.25) is 0 Å². The highest BCUT2D eigenvalue weighted by molar-refractivity contribution is 5.87. The van der Waals surface area contributed by atoms with E-state index in [0.717, 1.165) is 6.07 Å². The molecule has 96 valence electrons. The van der Waals surface area contributed by atoms with Crippen LogP contribution < -0.4 is 5.32 Å². The second-order valence-corrected chi connectivity index (χ2v) is 4.38. The van der Waals surface area contributed by atoms with Crippen molar-refractivity contribution < 1.29 is 14.3 Å². The largest absolute Gasteiger partial charge is 0.478 e. The molecule has 0 amide bonds. The van der Waals surface area contributed by atoms with E-state index in [4.69, 9.17) is 11.5 Å². The molecule has 0 fully saturated rings. The minimum absolute atomic E-state index is 0.0648. The first kappa shape index (κ1) is 14.2. The van der Waals surface area contributed by atoms with Crippen LogP contribution in [0.15, 0.2) is 18.2 Å². The molecule has 4 heteroatoms. The first-order chi connectivity index (χ1) is 8.45. The molecular formula is C14H16FNO2. The zero-order valence-corrected chi connectivity index (χ0v) is 10.4. The second-order valence-electron chi connectivity index (χ2n) is 4.38. The molecule has 0 aliphatic rings. The van der Waals surface area contributed by atoms with Crippen LogP contribution in [0.1, 0.15) is 29.8 Å². The molecule has 0 bridgehead atoms. The van der Waals surface area contributed by atoms with Gasteiger partial charge in [0.2, 0.25) is 0 Å². The Morgan fingerprint density at radius 1 is 1.56 bits per heavy atom. The number of carboxylic acid groups (broad SMARTS) is 1. The van der Waals surface area contributed by atoms with Crippen molar-refractivity contribution in [3.8, 4) is 12.3 Å². The lowest BCUT2D eigenvalue weighted by Gasteiger charge is -2.17. The molecule has 18 heavy (non-hydrogen) atoms. The summed E-state index contributed by atoms with van der Waals surface area (Å²) in [6, 6.07) is 3.54. The lowest BCUT2D eigenvalue weighted by Crippen LogP contribution is -2.32. The minimum Gasteiger partial charge on any atom is -0.478 e. The molecule has 1 atom stereocenters. The van der Waals surface area contributed by atoms with E-state index in [0.29, 0.717) is 5.56 Å². The predicted molar refractivity (Wildman–Crippen MR) is 67.7 cm³/mol. The van der Waals surface area contributed by atoms with Gasteiger partial charge in [0.1, 0.15) is 5.82 Å². The number of rotatable bonds is 5. The van der Waals surface area contributed by atoms with Gasteiger partial charge in [-0.15, -0.1) is 6.42 Å². The summed E-state index contributed by atoms with van der Waals surface area (Å²) in [6.07, 6.45) is 5.35. The number of nitrogens with one attached hydrogen (secondary N) is 1. The fourth-order valence-corrected chi connectivity index (χ4v) is 1.55. The lowest BCUT2D eigenvalue weighted by molar-refractivity contribution is 0.0696. The van der Waals surface area contributed by atoms with Gasteiger partial charge in [-0.3, -0.25) is 5.32 Å². The van der Waals surface area contributed by atoms with E-state index in [9.17, 15) is 9.18 Å². The van der Waals surface area contributed by atoms with E-state index in [1.54, 1.807) is 0 Å². The van der Waals surface area contributed by atoms with Crippen LogP contribution in [0.3, 0.4) is 0 Å². The van der Waals surface area contributed by atoms with Crippen molar-refractivity contribution in [1.82, 2.24) is 5.32 Å². The fourth-order valence-electron chi connectivity index (χ4n) is 1.55. The molecule has 0 radical (unpaired) electrons. The third-order valence-electron chi connectivity index (χ3n) is 2.65. The van der Waals surface area contributed by atoms with E-state index in [1.165, 1.54) is 12.1 Å². The topological polar surface area (TPSA) is 49.3 Å². The van der Waals surface area contributed by atoms with Crippen LogP contribution in [0, 0.1) is 24.1 Å². The Labute approximate surface area is 106 Å². The highest BCUT2D eigenvalue weighted by Gasteiger charge is 2.12. The number of terminal acetylenes is 1. The first-order valence-electron chi connectivity index (χ1n) is 5.67. The lowest BCUT2D eigenvalue weighted by atomic mass is 10.0. The minimum atomic E-state index is -1.08. The van der Waals surface area contributed by atoms with Gasteiger partial charge in [-0.2, -0.15) is 0 Å². The van der Waals surface area contributed by atoms with Gasteiger partial charge in [0.05, 0.1) is 11.6 Å². The van der Waals surface area contributed by atoms with Gasteiger partial charge < -0.3 is 5.11 Å². The average Bonchev–Trinajstić information content (AvgIpc) is 2.31. The van der Waals surface area contributed by atoms with Gasteiger partial charge >= 0.3 is 5.97 Å². The van der Waals surface area contributed by atoms with Gasteiger partial charge in [-0.05, 0) is 24.1 Å². The second kappa shape index (κ2) is 6.18. The maximum Gasteiger partial charge on any atom is 0.335 e. The SMILES string of the molecule is C#CC(NCc1cc(C(=O)O)ccc1F)C(C)C. The van der Waals surface area contributed by atoms with Gasteiger partial charge in [-0.1, -0.05) is 19.8 Å². The van der Waals surface area contributed by atoms with E-state index in [2.05, 4.69) is 11.2 Å². The molecule has 0 saturated heterocycles. The third-order valence-corrected chi connectivity index (χ3v) is 2.65. The Morgan fingerprint density at radius 3 is 2.72 bits per heavy atom. The van der Waals surface area contributed by atoms with E-state index in [-0.39, 0.29) is 24.1 Å². The van der Waals surface area contributed by atoms with Crippen molar-refractivity contribution in [2.24, 2.45) is 5.92 Å². The summed E-state index contributed by atoms with van der Waals surface area (Å²) in [6.45, 7) is 4.13. The van der Waals surface area contributed by atoms with Crippen molar-refractivity contribution in [1.29, 1.82) is 0 Å². The van der Waals surface area contributed by atoms with Crippen LogP contribution >= 0.6 is 0 Å². The maximum atomic E-state index is 13.5. The molecule has 0 saturated carbocycles. The molecule has 1 aromatic carbocycles. The Balaban J connectivity index is 2.81. The number of aromatic carboxylic acids is 1. The molecule has 0 aromatic heterocycles. The molecule has 0 spiro atoms. The molecule has 0 aliphatic carbocycles. The summed E-state index contributed by atoms with van der Waals surface area (Å²) in [5.41, 5.74) is 0.366. The summed E-state index contributed by atoms with van der Waals surface area (Å²) in [4.78, 5) is 10.8. The summed E-state index contributed by atoms with van der Waals surface area (Å²) >= 11 is 0. The smallest absolute Gasteiger partial charge is 0.335 e. The summed E-state index contributed by atoms with van der Waals surface area (Å²) in [7, 11) is 0. The molecule has 1 rings (SSSR count). The number of hydrogen-bond acceptors (Lipinski definition) is 2. The number of benzene rings is 1. The van der Waals surface area contributed by atoms with Gasteiger partial charge in [0.25, 0.3) is 0 Å². The summed E-state index contributed by atoms with van der Waals surface area (Å²) in [5, 5.41) is 11.9. The zero-order chi connectivity index (χ0) is 13.7. The van der Waals surface area contributed by atoms with E-state index in [1.807, 2.05) is 13.8 Å². The third kappa shape index (κ3) is 3.57. The average molecular weight is 249 g/mol. The van der Waals surface area contributed by atoms with Crippen molar-refractivity contribution in [3.05, 3.63) is 35.1 Å². The highest BCUT2D eigenvalue weighted by atomic mass is 19.1. The molecule has 0 aliphatic heterocycles. The molecule has 1 unspecified atom stereocenters. The molecule has 1 aromatic rings. The van der Waals surface area contributed by atoms with Gasteiger partial charge in [0.15, 0.2) is 0 Å². The van der Waals surface area contributed by atoms with Crippen molar-refractivity contribution in [2.75, 3.05) is 0 Å². The number of carbonyl (C=O) groups is 1. The maximum absolute atomic E-state index is 13.5. The van der Waals surface area contributed by atoms with Gasteiger partial charge in [0, 0.05) is 12.1 Å². The monoisotopic (exact) mass is 249 g/mol. The Hall–Kier alpha value is -1.86. The Bertz CT molecular complexity index is 477. The normalized spacial score (nSPS) is 12.2. The first-order valence-corrected chi connectivity index (χ1v) is 5.67. The predicted octanol–water partition coefficient (Wildman–Crippen LogP) is 2.27. The van der Waals surface area contributed by atoms with Crippen LogP contribution in [-0.2, 0) is 6.54 Å². The highest BCUT2D eigenvalue weighted by Crippen LogP contribution is 2.11. The zero-order valence-electron chi connectivity index (χ0n) is 10.4. The summed E-state index contributed by atoms with van der Waals surface area (Å²) < 4.78 is 13.5. The molecule has 3 nitrogen and oxygen atoms in total. The molecule has 2 N–H and O–H groups in total. The van der Waals surface area contributed by atoms with E-state index >= 15 is 0 Å². The van der Waals surface area contributed by atoms with Gasteiger partial charge in [-0.25, -0.2) is 9.18 Å². The summed E-state index contributed by atoms with van der Waals surface area (Å²) in [5.74, 6) is 1.29.